The monoisotopic (exact) mass is 216 g/mol. The first-order valence-electron chi connectivity index (χ1n) is 5.12. The first kappa shape index (κ1) is 10.4. The van der Waals surface area contributed by atoms with E-state index in [0.717, 1.165) is 5.56 Å². The highest BCUT2D eigenvalue weighted by Crippen LogP contribution is 2.13. The summed E-state index contributed by atoms with van der Waals surface area (Å²) in [4.78, 5) is 24.3. The Balaban J connectivity index is 2.27. The molecule has 4 heteroatoms. The molecule has 16 heavy (non-hydrogen) atoms. The summed E-state index contributed by atoms with van der Waals surface area (Å²) in [7, 11) is 0. The smallest absolute Gasteiger partial charge is 0.303 e. The van der Waals surface area contributed by atoms with E-state index in [9.17, 15) is 9.59 Å². The second-order valence-electron chi connectivity index (χ2n) is 3.45. The van der Waals surface area contributed by atoms with Gasteiger partial charge in [0.05, 0.1) is 0 Å². The van der Waals surface area contributed by atoms with Crippen molar-refractivity contribution in [3.63, 3.8) is 0 Å². The molecule has 1 aliphatic heterocycles. The average Bonchev–Trinajstić information content (AvgIpc) is 2.55. The van der Waals surface area contributed by atoms with E-state index in [1.807, 2.05) is 30.3 Å². The van der Waals surface area contributed by atoms with E-state index in [1.165, 1.54) is 4.90 Å². The first-order valence-corrected chi connectivity index (χ1v) is 5.12. The molecule has 82 valence electrons. The molecule has 4 nitrogen and oxygen atoms in total. The maximum absolute atomic E-state index is 11.7. The number of amides is 3. The molecule has 0 atom stereocenters. The van der Waals surface area contributed by atoms with E-state index in [4.69, 9.17) is 0 Å². The standard InChI is InChI=1S/C12H12N2O2/c1-2-14-11(15)10(13-12(14)16)8-9-6-4-3-5-7-9/h3-8H,2H2,1H3,(H,13,16)/b10-8-. The number of imide groups is 1. The molecule has 0 saturated carbocycles. The van der Waals surface area contributed by atoms with Crippen molar-refractivity contribution in [2.75, 3.05) is 6.54 Å². The fourth-order valence-electron chi connectivity index (χ4n) is 1.57. The highest BCUT2D eigenvalue weighted by Gasteiger charge is 2.31. The minimum atomic E-state index is -0.352. The topological polar surface area (TPSA) is 49.4 Å². The fraction of sp³-hybridized carbons (Fsp3) is 0.167. The van der Waals surface area contributed by atoms with Crippen molar-refractivity contribution in [2.45, 2.75) is 6.92 Å². The molecule has 1 N–H and O–H groups in total. The van der Waals surface area contributed by atoms with Crippen molar-refractivity contribution in [1.82, 2.24) is 10.2 Å². The van der Waals surface area contributed by atoms with Gasteiger partial charge in [-0.2, -0.15) is 0 Å². The maximum Gasteiger partial charge on any atom is 0.328 e. The number of carbonyl (C=O) groups is 2. The zero-order valence-electron chi connectivity index (χ0n) is 8.93. The van der Waals surface area contributed by atoms with Crippen LogP contribution in [0.5, 0.6) is 0 Å². The van der Waals surface area contributed by atoms with Gasteiger partial charge in [0.25, 0.3) is 5.91 Å². The molecule has 1 aromatic carbocycles. The Morgan fingerprint density at radius 1 is 1.25 bits per heavy atom. The molecular formula is C12H12N2O2. The second-order valence-corrected chi connectivity index (χ2v) is 3.45. The highest BCUT2D eigenvalue weighted by atomic mass is 16.2. The number of rotatable bonds is 2. The summed E-state index contributed by atoms with van der Waals surface area (Å²) < 4.78 is 0. The lowest BCUT2D eigenvalue weighted by Gasteiger charge is -2.05. The van der Waals surface area contributed by atoms with Gasteiger partial charge in [0, 0.05) is 6.54 Å². The quantitative estimate of drug-likeness (QED) is 0.603. The maximum atomic E-state index is 11.7. The van der Waals surface area contributed by atoms with Crippen molar-refractivity contribution in [2.24, 2.45) is 0 Å². The van der Waals surface area contributed by atoms with Crippen molar-refractivity contribution < 1.29 is 9.59 Å². The lowest BCUT2D eigenvalue weighted by molar-refractivity contribution is -0.122. The van der Waals surface area contributed by atoms with Crippen LogP contribution in [0.4, 0.5) is 4.79 Å². The molecule has 1 saturated heterocycles. The SMILES string of the molecule is CCN1C(=O)N/C(=C\c2ccccc2)C1=O. The van der Waals surface area contributed by atoms with Crippen LogP contribution in [0.1, 0.15) is 12.5 Å². The Hall–Kier alpha value is -2.10. The fourth-order valence-corrected chi connectivity index (χ4v) is 1.57. The van der Waals surface area contributed by atoms with Crippen LogP contribution < -0.4 is 5.32 Å². The number of carbonyl (C=O) groups excluding carboxylic acids is 2. The summed E-state index contributed by atoms with van der Waals surface area (Å²) >= 11 is 0. The average molecular weight is 216 g/mol. The highest BCUT2D eigenvalue weighted by molar-refractivity contribution is 6.13. The molecule has 2 rings (SSSR count). The van der Waals surface area contributed by atoms with Gasteiger partial charge in [-0.15, -0.1) is 0 Å². The number of benzene rings is 1. The number of urea groups is 1. The number of nitrogens with zero attached hydrogens (tertiary/aromatic N) is 1. The molecule has 0 bridgehead atoms. The van der Waals surface area contributed by atoms with E-state index in [0.29, 0.717) is 12.2 Å². The van der Waals surface area contributed by atoms with Gasteiger partial charge in [-0.25, -0.2) is 4.79 Å². The molecule has 0 spiro atoms. The lowest BCUT2D eigenvalue weighted by Crippen LogP contribution is -2.30. The van der Waals surface area contributed by atoms with Gasteiger partial charge in [0.2, 0.25) is 0 Å². The zero-order chi connectivity index (χ0) is 11.5. The Morgan fingerprint density at radius 3 is 2.50 bits per heavy atom. The van der Waals surface area contributed by atoms with E-state index >= 15 is 0 Å². The summed E-state index contributed by atoms with van der Waals surface area (Å²) in [6, 6.07) is 9.06. The van der Waals surface area contributed by atoms with Crippen LogP contribution in [0, 0.1) is 0 Å². The molecule has 0 aliphatic carbocycles. The number of hydrogen-bond donors (Lipinski definition) is 1. The van der Waals surface area contributed by atoms with Gasteiger partial charge in [-0.05, 0) is 18.6 Å². The molecule has 0 aromatic heterocycles. The Kier molecular flexibility index (Phi) is 2.72. The number of hydrogen-bond acceptors (Lipinski definition) is 2. The van der Waals surface area contributed by atoms with Crippen LogP contribution >= 0.6 is 0 Å². The van der Waals surface area contributed by atoms with Gasteiger partial charge in [0.1, 0.15) is 5.70 Å². The van der Waals surface area contributed by atoms with Gasteiger partial charge < -0.3 is 5.32 Å². The third-order valence-corrected chi connectivity index (χ3v) is 2.39. The summed E-state index contributed by atoms with van der Waals surface area (Å²) in [6.45, 7) is 2.15. The molecular weight excluding hydrogens is 204 g/mol. The zero-order valence-corrected chi connectivity index (χ0v) is 8.93. The molecule has 3 amide bonds. The molecule has 0 unspecified atom stereocenters. The van der Waals surface area contributed by atoms with Crippen molar-refractivity contribution in [3.8, 4) is 0 Å². The summed E-state index contributed by atoms with van der Waals surface area (Å²) in [5.41, 5.74) is 1.22. The Morgan fingerprint density at radius 2 is 1.94 bits per heavy atom. The van der Waals surface area contributed by atoms with E-state index in [1.54, 1.807) is 13.0 Å². The molecule has 1 fully saturated rings. The molecule has 0 radical (unpaired) electrons. The van der Waals surface area contributed by atoms with E-state index in [2.05, 4.69) is 5.32 Å². The predicted molar refractivity (Wildman–Crippen MR) is 60.3 cm³/mol. The normalized spacial score (nSPS) is 18.1. The van der Waals surface area contributed by atoms with E-state index in [-0.39, 0.29) is 11.9 Å². The van der Waals surface area contributed by atoms with Crippen molar-refractivity contribution in [3.05, 3.63) is 41.6 Å². The molecule has 1 aliphatic rings. The first-order chi connectivity index (χ1) is 7.72. The van der Waals surface area contributed by atoms with E-state index < -0.39 is 0 Å². The van der Waals surface area contributed by atoms with Crippen LogP contribution in [-0.2, 0) is 4.79 Å². The minimum Gasteiger partial charge on any atom is -0.303 e. The number of likely N-dealkylation sites (N-methyl/N-ethyl adjacent to an activating group) is 1. The Labute approximate surface area is 93.6 Å². The summed E-state index contributed by atoms with van der Waals surface area (Å²) in [5.74, 6) is -0.267. The van der Waals surface area contributed by atoms with Gasteiger partial charge >= 0.3 is 6.03 Å². The van der Waals surface area contributed by atoms with Crippen molar-refractivity contribution >= 4 is 18.0 Å². The van der Waals surface area contributed by atoms with Crippen LogP contribution in [0.3, 0.4) is 0 Å². The largest absolute Gasteiger partial charge is 0.328 e. The summed E-state index contributed by atoms with van der Waals surface area (Å²) in [6.07, 6.45) is 1.68. The second kappa shape index (κ2) is 4.18. The van der Waals surface area contributed by atoms with Gasteiger partial charge in [0.15, 0.2) is 0 Å². The van der Waals surface area contributed by atoms with Crippen LogP contribution in [0.2, 0.25) is 0 Å². The molecule has 1 heterocycles. The predicted octanol–water partition coefficient (Wildman–Crippen LogP) is 1.60. The van der Waals surface area contributed by atoms with Gasteiger partial charge in [-0.1, -0.05) is 30.3 Å². The van der Waals surface area contributed by atoms with Crippen LogP contribution in [-0.4, -0.2) is 23.4 Å². The third kappa shape index (κ3) is 1.82. The summed E-state index contributed by atoms with van der Waals surface area (Å²) in [5, 5.41) is 2.55. The van der Waals surface area contributed by atoms with Crippen molar-refractivity contribution in [1.29, 1.82) is 0 Å². The third-order valence-electron chi connectivity index (χ3n) is 2.39. The molecule has 1 aromatic rings. The van der Waals surface area contributed by atoms with Gasteiger partial charge in [-0.3, -0.25) is 9.69 Å². The van der Waals surface area contributed by atoms with Crippen LogP contribution in [0.15, 0.2) is 36.0 Å². The number of nitrogens with one attached hydrogen (secondary N) is 1. The lowest BCUT2D eigenvalue weighted by atomic mass is 10.2. The Bertz CT molecular complexity index is 451. The van der Waals surface area contributed by atoms with Crippen LogP contribution in [0.25, 0.3) is 6.08 Å². The minimum absolute atomic E-state index is 0.267.